The summed E-state index contributed by atoms with van der Waals surface area (Å²) >= 11 is 0. The molecule has 0 bridgehead atoms. The summed E-state index contributed by atoms with van der Waals surface area (Å²) in [6.07, 6.45) is 0. The average Bonchev–Trinajstić information content (AvgIpc) is 2.22. The second-order valence-corrected chi connectivity index (χ2v) is 4.81. The smallest absolute Gasteiger partial charge is 0.257 e. The SMILES string of the molecule is Cc1cc(C)cc(OCC(=O)NCC(C)C)c1. The lowest BCUT2D eigenvalue weighted by Crippen LogP contribution is -2.31. The Morgan fingerprint density at radius 1 is 1.24 bits per heavy atom. The van der Waals surface area contributed by atoms with Gasteiger partial charge in [-0.3, -0.25) is 4.79 Å². The van der Waals surface area contributed by atoms with E-state index in [1.54, 1.807) is 0 Å². The van der Waals surface area contributed by atoms with Crippen LogP contribution in [0.5, 0.6) is 5.75 Å². The number of benzene rings is 1. The van der Waals surface area contributed by atoms with E-state index in [4.69, 9.17) is 4.74 Å². The van der Waals surface area contributed by atoms with Crippen molar-refractivity contribution in [2.24, 2.45) is 5.92 Å². The molecule has 3 nitrogen and oxygen atoms in total. The van der Waals surface area contributed by atoms with Gasteiger partial charge in [-0.2, -0.15) is 0 Å². The Bertz CT molecular complexity index is 366. The zero-order chi connectivity index (χ0) is 12.8. The van der Waals surface area contributed by atoms with E-state index in [0.717, 1.165) is 16.9 Å². The molecule has 94 valence electrons. The molecule has 0 aliphatic heterocycles. The van der Waals surface area contributed by atoms with Crippen molar-refractivity contribution in [3.63, 3.8) is 0 Å². The molecule has 1 amide bonds. The normalized spacial score (nSPS) is 10.4. The molecule has 0 atom stereocenters. The first kappa shape index (κ1) is 13.6. The average molecular weight is 235 g/mol. The van der Waals surface area contributed by atoms with Crippen LogP contribution in [0, 0.1) is 19.8 Å². The summed E-state index contributed by atoms with van der Waals surface area (Å²) in [5.41, 5.74) is 2.28. The predicted octanol–water partition coefficient (Wildman–Crippen LogP) is 2.45. The van der Waals surface area contributed by atoms with E-state index in [2.05, 4.69) is 25.2 Å². The summed E-state index contributed by atoms with van der Waals surface area (Å²) in [6, 6.07) is 5.94. The highest BCUT2D eigenvalue weighted by Crippen LogP contribution is 2.15. The van der Waals surface area contributed by atoms with Crippen LogP contribution >= 0.6 is 0 Å². The van der Waals surface area contributed by atoms with E-state index in [0.29, 0.717) is 12.5 Å². The van der Waals surface area contributed by atoms with E-state index in [1.807, 2.05) is 26.0 Å². The van der Waals surface area contributed by atoms with Gasteiger partial charge in [0.05, 0.1) is 0 Å². The lowest BCUT2D eigenvalue weighted by molar-refractivity contribution is -0.123. The lowest BCUT2D eigenvalue weighted by Gasteiger charge is -2.10. The number of ether oxygens (including phenoxy) is 1. The van der Waals surface area contributed by atoms with Crippen molar-refractivity contribution in [3.05, 3.63) is 29.3 Å². The summed E-state index contributed by atoms with van der Waals surface area (Å²) in [6.45, 7) is 8.91. The third kappa shape index (κ3) is 5.38. The second-order valence-electron chi connectivity index (χ2n) is 4.81. The molecule has 1 aromatic carbocycles. The van der Waals surface area contributed by atoms with Gasteiger partial charge in [0, 0.05) is 6.54 Å². The van der Waals surface area contributed by atoms with Crippen LogP contribution in [0.15, 0.2) is 18.2 Å². The standard InChI is InChI=1S/C14H21NO2/c1-10(2)8-15-14(16)9-17-13-6-11(3)5-12(4)7-13/h5-7,10H,8-9H2,1-4H3,(H,15,16). The van der Waals surface area contributed by atoms with Crippen LogP contribution in [0.4, 0.5) is 0 Å². The maximum absolute atomic E-state index is 11.5. The van der Waals surface area contributed by atoms with Gasteiger partial charge >= 0.3 is 0 Å². The van der Waals surface area contributed by atoms with E-state index >= 15 is 0 Å². The molecule has 17 heavy (non-hydrogen) atoms. The highest BCUT2D eigenvalue weighted by molar-refractivity contribution is 5.77. The topological polar surface area (TPSA) is 38.3 Å². The van der Waals surface area contributed by atoms with Crippen molar-refractivity contribution in [2.45, 2.75) is 27.7 Å². The maximum atomic E-state index is 11.5. The van der Waals surface area contributed by atoms with Gasteiger partial charge in [-0.05, 0) is 43.0 Å². The minimum Gasteiger partial charge on any atom is -0.484 e. The summed E-state index contributed by atoms with van der Waals surface area (Å²) in [5.74, 6) is 1.14. The van der Waals surface area contributed by atoms with Crippen LogP contribution < -0.4 is 10.1 Å². The highest BCUT2D eigenvalue weighted by Gasteiger charge is 2.04. The molecular weight excluding hydrogens is 214 g/mol. The monoisotopic (exact) mass is 235 g/mol. The molecule has 0 aliphatic carbocycles. The van der Waals surface area contributed by atoms with Gasteiger partial charge in [-0.15, -0.1) is 0 Å². The van der Waals surface area contributed by atoms with Gasteiger partial charge in [0.25, 0.3) is 5.91 Å². The highest BCUT2D eigenvalue weighted by atomic mass is 16.5. The summed E-state index contributed by atoms with van der Waals surface area (Å²) in [4.78, 5) is 11.5. The Kier molecular flexibility index (Phi) is 5.01. The van der Waals surface area contributed by atoms with Crippen LogP contribution in [0.25, 0.3) is 0 Å². The van der Waals surface area contributed by atoms with Gasteiger partial charge in [0.15, 0.2) is 6.61 Å². The van der Waals surface area contributed by atoms with Gasteiger partial charge in [-0.25, -0.2) is 0 Å². The molecule has 0 unspecified atom stereocenters. The van der Waals surface area contributed by atoms with Gasteiger partial charge in [0.1, 0.15) is 5.75 Å². The van der Waals surface area contributed by atoms with Gasteiger partial charge in [0.2, 0.25) is 0 Å². The van der Waals surface area contributed by atoms with Crippen LogP contribution in [0.2, 0.25) is 0 Å². The van der Waals surface area contributed by atoms with Crippen molar-refractivity contribution in [3.8, 4) is 5.75 Å². The summed E-state index contributed by atoms with van der Waals surface area (Å²) < 4.78 is 5.45. The fourth-order valence-corrected chi connectivity index (χ4v) is 1.53. The van der Waals surface area contributed by atoms with E-state index in [1.165, 1.54) is 0 Å². The van der Waals surface area contributed by atoms with Crippen molar-refractivity contribution < 1.29 is 9.53 Å². The second kappa shape index (κ2) is 6.28. The molecule has 0 aliphatic rings. The van der Waals surface area contributed by atoms with Gasteiger partial charge < -0.3 is 10.1 Å². The third-order valence-electron chi connectivity index (χ3n) is 2.27. The molecular formula is C14H21NO2. The van der Waals surface area contributed by atoms with Crippen LogP contribution in [0.3, 0.4) is 0 Å². The Hall–Kier alpha value is -1.51. The van der Waals surface area contributed by atoms with Crippen molar-refractivity contribution in [1.29, 1.82) is 0 Å². The molecule has 0 saturated heterocycles. The number of hydrogen-bond donors (Lipinski definition) is 1. The quantitative estimate of drug-likeness (QED) is 0.851. The number of carbonyl (C=O) groups is 1. The number of hydrogen-bond acceptors (Lipinski definition) is 2. The number of aryl methyl sites for hydroxylation is 2. The molecule has 0 fully saturated rings. The Morgan fingerprint density at radius 2 is 1.82 bits per heavy atom. The first-order chi connectivity index (χ1) is 7.97. The van der Waals surface area contributed by atoms with Crippen LogP contribution in [-0.2, 0) is 4.79 Å². The molecule has 0 spiro atoms. The third-order valence-corrected chi connectivity index (χ3v) is 2.27. The largest absolute Gasteiger partial charge is 0.484 e. The zero-order valence-electron chi connectivity index (χ0n) is 11.0. The Balaban J connectivity index is 2.42. The molecule has 1 N–H and O–H groups in total. The molecule has 0 radical (unpaired) electrons. The molecule has 0 aromatic heterocycles. The van der Waals surface area contributed by atoms with E-state index < -0.39 is 0 Å². The number of rotatable bonds is 5. The van der Waals surface area contributed by atoms with Crippen molar-refractivity contribution in [2.75, 3.05) is 13.2 Å². The van der Waals surface area contributed by atoms with E-state index in [9.17, 15) is 4.79 Å². The minimum atomic E-state index is -0.0714. The zero-order valence-corrected chi connectivity index (χ0v) is 11.0. The summed E-state index contributed by atoms with van der Waals surface area (Å²) in [7, 11) is 0. The summed E-state index contributed by atoms with van der Waals surface area (Å²) in [5, 5.41) is 2.82. The Morgan fingerprint density at radius 3 is 2.35 bits per heavy atom. The number of carbonyl (C=O) groups excluding carboxylic acids is 1. The predicted molar refractivity (Wildman–Crippen MR) is 69.3 cm³/mol. The lowest BCUT2D eigenvalue weighted by atomic mass is 10.1. The molecule has 0 heterocycles. The molecule has 1 rings (SSSR count). The molecule has 3 heteroatoms. The van der Waals surface area contributed by atoms with E-state index in [-0.39, 0.29) is 12.5 Å². The van der Waals surface area contributed by atoms with Gasteiger partial charge in [-0.1, -0.05) is 19.9 Å². The number of nitrogens with one attached hydrogen (secondary N) is 1. The Labute approximate surface area is 103 Å². The first-order valence-corrected chi connectivity index (χ1v) is 5.95. The number of amides is 1. The fourth-order valence-electron chi connectivity index (χ4n) is 1.53. The molecule has 1 aromatic rings. The fraction of sp³-hybridized carbons (Fsp3) is 0.500. The van der Waals surface area contributed by atoms with Crippen molar-refractivity contribution >= 4 is 5.91 Å². The minimum absolute atomic E-state index is 0.0714. The first-order valence-electron chi connectivity index (χ1n) is 5.95. The van der Waals surface area contributed by atoms with Crippen molar-refractivity contribution in [1.82, 2.24) is 5.32 Å². The molecule has 0 saturated carbocycles. The van der Waals surface area contributed by atoms with Crippen LogP contribution in [-0.4, -0.2) is 19.1 Å². The van der Waals surface area contributed by atoms with Crippen LogP contribution in [0.1, 0.15) is 25.0 Å². The maximum Gasteiger partial charge on any atom is 0.257 e.